The smallest absolute Gasteiger partial charge is 0.234 e. The Balaban J connectivity index is 2.43. The number of pyridine rings is 1. The molecule has 2 heterocycles. The minimum absolute atomic E-state index is 0.139. The van der Waals surface area contributed by atoms with Crippen molar-refractivity contribution in [1.82, 2.24) is 14.8 Å². The summed E-state index contributed by atoms with van der Waals surface area (Å²) in [6.07, 6.45) is 3.29. The Bertz CT molecular complexity index is 608. The quantitative estimate of drug-likeness (QED) is 0.765. The van der Waals surface area contributed by atoms with E-state index in [0.29, 0.717) is 5.82 Å². The zero-order valence-electron chi connectivity index (χ0n) is 7.71. The lowest BCUT2D eigenvalue weighted by Gasteiger charge is -1.98. The number of halogens is 2. The fraction of sp³-hybridized carbons (Fsp3) is 0. The number of aromatic nitrogens is 3. The van der Waals surface area contributed by atoms with Crippen LogP contribution in [0.25, 0.3) is 5.82 Å². The molecule has 0 aromatic carbocycles. The van der Waals surface area contributed by atoms with Crippen molar-refractivity contribution in [2.45, 2.75) is 4.90 Å². The van der Waals surface area contributed by atoms with Crippen LogP contribution in [0.15, 0.2) is 35.6 Å². The Morgan fingerprint density at radius 3 is 2.56 bits per heavy atom. The summed E-state index contributed by atoms with van der Waals surface area (Å²) in [7, 11) is 1.31. The molecule has 0 spiro atoms. The van der Waals surface area contributed by atoms with Gasteiger partial charge in [-0.15, -0.1) is 0 Å². The van der Waals surface area contributed by atoms with Crippen molar-refractivity contribution in [2.24, 2.45) is 0 Å². The molecule has 5 nitrogen and oxygen atoms in total. The van der Waals surface area contributed by atoms with Gasteiger partial charge in [-0.3, -0.25) is 0 Å². The first-order valence-electron chi connectivity index (χ1n) is 4.08. The normalized spacial score (nSPS) is 11.6. The first-order chi connectivity index (χ1) is 7.47. The molecule has 0 aliphatic heterocycles. The Labute approximate surface area is 94.9 Å². The van der Waals surface area contributed by atoms with Gasteiger partial charge < -0.3 is 0 Å². The van der Waals surface area contributed by atoms with E-state index >= 15 is 0 Å². The van der Waals surface area contributed by atoms with Gasteiger partial charge in [0.2, 0.25) is 0 Å². The van der Waals surface area contributed by atoms with Crippen molar-refractivity contribution in [2.75, 3.05) is 0 Å². The summed E-state index contributed by atoms with van der Waals surface area (Å²) in [5.74, 6) is -0.186. The van der Waals surface area contributed by atoms with Gasteiger partial charge in [0, 0.05) is 10.7 Å². The van der Waals surface area contributed by atoms with Gasteiger partial charge in [0.15, 0.2) is 5.82 Å². The highest BCUT2D eigenvalue weighted by atomic mass is 35.7. The highest BCUT2D eigenvalue weighted by molar-refractivity contribution is 8.13. The molecule has 0 saturated carbocycles. The van der Waals surface area contributed by atoms with E-state index in [4.69, 9.17) is 10.7 Å². The average Bonchev–Trinajstić information content (AvgIpc) is 2.67. The van der Waals surface area contributed by atoms with Crippen LogP contribution in [0.1, 0.15) is 0 Å². The summed E-state index contributed by atoms with van der Waals surface area (Å²) < 4.78 is 35.7. The summed E-state index contributed by atoms with van der Waals surface area (Å²) in [5.41, 5.74) is 0. The number of hydrogen-bond acceptors (Lipinski definition) is 4. The Morgan fingerprint density at radius 2 is 2.06 bits per heavy atom. The fourth-order valence-electron chi connectivity index (χ4n) is 1.06. The minimum Gasteiger partial charge on any atom is -0.234 e. The molecular weight excluding hydrogens is 257 g/mol. The van der Waals surface area contributed by atoms with Gasteiger partial charge in [-0.05, 0) is 12.1 Å². The van der Waals surface area contributed by atoms with Crippen LogP contribution >= 0.6 is 10.7 Å². The van der Waals surface area contributed by atoms with E-state index in [0.717, 1.165) is 12.4 Å². The van der Waals surface area contributed by atoms with Gasteiger partial charge in [0.05, 0.1) is 18.6 Å². The highest BCUT2D eigenvalue weighted by Gasteiger charge is 2.13. The van der Waals surface area contributed by atoms with Gasteiger partial charge in [0.25, 0.3) is 9.05 Å². The Morgan fingerprint density at radius 1 is 1.31 bits per heavy atom. The fourth-order valence-corrected chi connectivity index (χ4v) is 1.70. The molecule has 2 aromatic heterocycles. The monoisotopic (exact) mass is 261 g/mol. The maximum atomic E-state index is 12.6. The molecule has 0 amide bonds. The second kappa shape index (κ2) is 3.84. The topological polar surface area (TPSA) is 64.8 Å². The summed E-state index contributed by atoms with van der Waals surface area (Å²) in [4.78, 5) is 3.59. The second-order valence-electron chi connectivity index (χ2n) is 2.89. The van der Waals surface area contributed by atoms with E-state index in [1.165, 1.54) is 23.0 Å². The van der Waals surface area contributed by atoms with Crippen molar-refractivity contribution in [1.29, 1.82) is 0 Å². The van der Waals surface area contributed by atoms with Crippen molar-refractivity contribution >= 4 is 19.7 Å². The molecule has 8 heteroatoms. The van der Waals surface area contributed by atoms with E-state index in [1.54, 1.807) is 0 Å². The van der Waals surface area contributed by atoms with Crippen LogP contribution in [-0.4, -0.2) is 23.2 Å². The molecule has 0 atom stereocenters. The Kier molecular flexibility index (Phi) is 2.64. The SMILES string of the molecule is O=S(=O)(Cl)c1cnn(-c2ccc(F)cn2)c1. The molecule has 16 heavy (non-hydrogen) atoms. The summed E-state index contributed by atoms with van der Waals surface area (Å²) in [5, 5.41) is 3.75. The lowest BCUT2D eigenvalue weighted by molar-refractivity contribution is 0.609. The molecule has 0 bridgehead atoms. The molecule has 84 valence electrons. The van der Waals surface area contributed by atoms with Crippen molar-refractivity contribution in [3.05, 3.63) is 36.5 Å². The second-order valence-corrected chi connectivity index (χ2v) is 5.46. The van der Waals surface area contributed by atoms with Crippen LogP contribution < -0.4 is 0 Å². The van der Waals surface area contributed by atoms with Crippen LogP contribution in [-0.2, 0) is 9.05 Å². The van der Waals surface area contributed by atoms with Crippen molar-refractivity contribution < 1.29 is 12.8 Å². The van der Waals surface area contributed by atoms with E-state index < -0.39 is 14.9 Å². The zero-order chi connectivity index (χ0) is 11.8. The van der Waals surface area contributed by atoms with Crippen LogP contribution in [0.4, 0.5) is 4.39 Å². The summed E-state index contributed by atoms with van der Waals surface area (Å²) in [6, 6.07) is 2.56. The molecule has 0 saturated heterocycles. The third-order valence-corrected chi connectivity index (χ3v) is 3.10. The molecule has 0 unspecified atom stereocenters. The maximum absolute atomic E-state index is 12.6. The van der Waals surface area contributed by atoms with Crippen LogP contribution in [0.2, 0.25) is 0 Å². The molecule has 0 aliphatic carbocycles. The molecule has 0 radical (unpaired) electrons. The molecular formula is C8H5ClFN3O2S. The summed E-state index contributed by atoms with van der Waals surface area (Å²) >= 11 is 0. The molecule has 0 fully saturated rings. The van der Waals surface area contributed by atoms with Gasteiger partial charge >= 0.3 is 0 Å². The zero-order valence-corrected chi connectivity index (χ0v) is 9.28. The Hall–Kier alpha value is -1.47. The van der Waals surface area contributed by atoms with Crippen molar-refractivity contribution in [3.8, 4) is 5.82 Å². The summed E-state index contributed by atoms with van der Waals surface area (Å²) in [6.45, 7) is 0. The predicted octanol–water partition coefficient (Wildman–Crippen LogP) is 1.33. The first-order valence-corrected chi connectivity index (χ1v) is 6.39. The van der Waals surface area contributed by atoms with Crippen LogP contribution in [0, 0.1) is 5.82 Å². The largest absolute Gasteiger partial charge is 0.264 e. The van der Waals surface area contributed by atoms with Crippen molar-refractivity contribution in [3.63, 3.8) is 0 Å². The number of hydrogen-bond donors (Lipinski definition) is 0. The molecule has 2 rings (SSSR count). The van der Waals surface area contributed by atoms with E-state index in [1.807, 2.05) is 0 Å². The van der Waals surface area contributed by atoms with Gasteiger partial charge in [0.1, 0.15) is 10.7 Å². The predicted molar refractivity (Wildman–Crippen MR) is 54.4 cm³/mol. The maximum Gasteiger partial charge on any atom is 0.264 e. The highest BCUT2D eigenvalue weighted by Crippen LogP contribution is 2.15. The number of rotatable bonds is 2. The van der Waals surface area contributed by atoms with Gasteiger partial charge in [-0.25, -0.2) is 22.5 Å². The minimum atomic E-state index is -3.81. The van der Waals surface area contributed by atoms with Crippen LogP contribution in [0.5, 0.6) is 0 Å². The lowest BCUT2D eigenvalue weighted by Crippen LogP contribution is -1.97. The lowest BCUT2D eigenvalue weighted by atomic mass is 10.4. The third kappa shape index (κ3) is 2.20. The van der Waals surface area contributed by atoms with Crippen LogP contribution in [0.3, 0.4) is 0 Å². The van der Waals surface area contributed by atoms with E-state index in [-0.39, 0.29) is 4.90 Å². The molecule has 0 aliphatic rings. The standard InChI is InChI=1S/C8H5ClFN3O2S/c9-16(14,15)7-4-12-13(5-7)8-2-1-6(10)3-11-8/h1-5H. The molecule has 2 aromatic rings. The van der Waals surface area contributed by atoms with E-state index in [9.17, 15) is 12.8 Å². The van der Waals surface area contributed by atoms with Gasteiger partial charge in [-0.1, -0.05) is 0 Å². The van der Waals surface area contributed by atoms with Gasteiger partial charge in [-0.2, -0.15) is 5.10 Å². The first kappa shape index (κ1) is 11.0. The van der Waals surface area contributed by atoms with E-state index in [2.05, 4.69) is 10.1 Å². The number of nitrogens with zero attached hydrogens (tertiary/aromatic N) is 3. The molecule has 0 N–H and O–H groups in total. The average molecular weight is 262 g/mol. The third-order valence-electron chi connectivity index (χ3n) is 1.79.